The number of hydrogen-bond acceptors (Lipinski definition) is 2. The van der Waals surface area contributed by atoms with Gasteiger partial charge in [0.1, 0.15) is 0 Å². The third-order valence-corrected chi connectivity index (χ3v) is 3.54. The largest absolute Gasteiger partial charge is 0.293 e. The minimum atomic E-state index is 0.702. The van der Waals surface area contributed by atoms with Crippen LogP contribution in [0.15, 0.2) is 11.1 Å². The fraction of sp³-hybridized carbons (Fsp3) is 0.833. The molecule has 0 unspecified atom stereocenters. The summed E-state index contributed by atoms with van der Waals surface area (Å²) in [7, 11) is 0. The van der Waals surface area contributed by atoms with Gasteiger partial charge >= 0.3 is 0 Å². The lowest BCUT2D eigenvalue weighted by Crippen LogP contribution is -2.36. The molecule has 0 aromatic rings. The van der Waals surface area contributed by atoms with E-state index in [1.165, 1.54) is 26.2 Å². The standard InChI is InChI=1S/C12H22N2/c1-9(2)13-5-11-7-14(10(3)4)8-12(11)6-13/h9-10H,5-8H2,1-4H3. The zero-order valence-corrected chi connectivity index (χ0v) is 9.88. The van der Waals surface area contributed by atoms with Crippen molar-refractivity contribution >= 4 is 0 Å². The Morgan fingerprint density at radius 2 is 1.00 bits per heavy atom. The Morgan fingerprint density at radius 1 is 0.714 bits per heavy atom. The van der Waals surface area contributed by atoms with Crippen LogP contribution in [0.4, 0.5) is 0 Å². The molecule has 0 N–H and O–H groups in total. The molecule has 0 saturated carbocycles. The maximum atomic E-state index is 2.57. The van der Waals surface area contributed by atoms with Crippen molar-refractivity contribution in [3.63, 3.8) is 0 Å². The van der Waals surface area contributed by atoms with E-state index < -0.39 is 0 Å². The van der Waals surface area contributed by atoms with Crippen molar-refractivity contribution in [1.82, 2.24) is 9.80 Å². The third kappa shape index (κ3) is 1.73. The molecule has 0 amide bonds. The van der Waals surface area contributed by atoms with E-state index in [1.807, 2.05) is 0 Å². The molecular formula is C12H22N2. The fourth-order valence-electron chi connectivity index (χ4n) is 2.37. The van der Waals surface area contributed by atoms with Gasteiger partial charge in [0, 0.05) is 38.3 Å². The van der Waals surface area contributed by atoms with Crippen LogP contribution >= 0.6 is 0 Å². The molecule has 0 fully saturated rings. The van der Waals surface area contributed by atoms with Crippen LogP contribution in [0.5, 0.6) is 0 Å². The third-order valence-electron chi connectivity index (χ3n) is 3.54. The van der Waals surface area contributed by atoms with Gasteiger partial charge in [0.25, 0.3) is 0 Å². The second-order valence-electron chi connectivity index (χ2n) is 5.20. The van der Waals surface area contributed by atoms with E-state index >= 15 is 0 Å². The van der Waals surface area contributed by atoms with Gasteiger partial charge in [-0.1, -0.05) is 0 Å². The normalized spacial score (nSPS) is 24.4. The first kappa shape index (κ1) is 10.2. The summed E-state index contributed by atoms with van der Waals surface area (Å²) in [4.78, 5) is 5.14. The second kappa shape index (κ2) is 3.67. The van der Waals surface area contributed by atoms with Crippen LogP contribution in [0.1, 0.15) is 27.7 Å². The summed E-state index contributed by atoms with van der Waals surface area (Å²) in [5.41, 5.74) is 3.40. The Labute approximate surface area is 87.6 Å². The van der Waals surface area contributed by atoms with Crippen molar-refractivity contribution in [2.75, 3.05) is 26.2 Å². The summed E-state index contributed by atoms with van der Waals surface area (Å²) in [5, 5.41) is 0. The van der Waals surface area contributed by atoms with Gasteiger partial charge in [0.15, 0.2) is 0 Å². The number of rotatable bonds is 2. The van der Waals surface area contributed by atoms with Crippen molar-refractivity contribution < 1.29 is 0 Å². The zero-order chi connectivity index (χ0) is 10.3. The Balaban J connectivity index is 1.94. The summed E-state index contributed by atoms with van der Waals surface area (Å²) in [6.45, 7) is 14.0. The van der Waals surface area contributed by atoms with E-state index in [0.29, 0.717) is 12.1 Å². The smallest absolute Gasteiger partial charge is 0.0215 e. The molecule has 0 atom stereocenters. The van der Waals surface area contributed by atoms with Crippen LogP contribution in [-0.2, 0) is 0 Å². The van der Waals surface area contributed by atoms with Crippen molar-refractivity contribution in [3.8, 4) is 0 Å². The predicted octanol–water partition coefficient (Wildman–Crippen LogP) is 1.73. The molecule has 2 rings (SSSR count). The molecule has 14 heavy (non-hydrogen) atoms. The second-order valence-corrected chi connectivity index (χ2v) is 5.20. The van der Waals surface area contributed by atoms with Crippen LogP contribution in [0.2, 0.25) is 0 Å². The molecule has 0 saturated heterocycles. The highest BCUT2D eigenvalue weighted by atomic mass is 15.2. The van der Waals surface area contributed by atoms with E-state index in [4.69, 9.17) is 0 Å². The summed E-state index contributed by atoms with van der Waals surface area (Å²) < 4.78 is 0. The van der Waals surface area contributed by atoms with Gasteiger partial charge in [-0.05, 0) is 38.8 Å². The molecule has 2 aliphatic heterocycles. The van der Waals surface area contributed by atoms with Crippen LogP contribution in [0.25, 0.3) is 0 Å². The molecule has 0 aromatic heterocycles. The lowest BCUT2D eigenvalue weighted by molar-refractivity contribution is 0.233. The van der Waals surface area contributed by atoms with Crippen LogP contribution in [0.3, 0.4) is 0 Å². The van der Waals surface area contributed by atoms with Gasteiger partial charge in [-0.15, -0.1) is 0 Å². The lowest BCUT2D eigenvalue weighted by atomic mass is 10.2. The molecule has 0 radical (unpaired) electrons. The van der Waals surface area contributed by atoms with E-state index in [0.717, 1.165) is 0 Å². The zero-order valence-electron chi connectivity index (χ0n) is 9.88. The average Bonchev–Trinajstić information content (AvgIpc) is 2.57. The monoisotopic (exact) mass is 194 g/mol. The average molecular weight is 194 g/mol. The predicted molar refractivity (Wildman–Crippen MR) is 60.4 cm³/mol. The Bertz CT molecular complexity index is 211. The first-order chi connectivity index (χ1) is 6.58. The van der Waals surface area contributed by atoms with E-state index in [2.05, 4.69) is 37.5 Å². The molecule has 0 bridgehead atoms. The maximum absolute atomic E-state index is 2.57. The fourth-order valence-corrected chi connectivity index (χ4v) is 2.37. The summed E-state index contributed by atoms with van der Waals surface area (Å²) in [5.74, 6) is 0. The van der Waals surface area contributed by atoms with Gasteiger partial charge in [0.05, 0.1) is 0 Å². The minimum Gasteiger partial charge on any atom is -0.293 e. The molecule has 0 aliphatic carbocycles. The van der Waals surface area contributed by atoms with Gasteiger partial charge < -0.3 is 0 Å². The van der Waals surface area contributed by atoms with Crippen molar-refractivity contribution in [2.45, 2.75) is 39.8 Å². The number of hydrogen-bond donors (Lipinski definition) is 0. The van der Waals surface area contributed by atoms with Gasteiger partial charge in [-0.25, -0.2) is 0 Å². The van der Waals surface area contributed by atoms with Crippen molar-refractivity contribution in [3.05, 3.63) is 11.1 Å². The lowest BCUT2D eigenvalue weighted by Gasteiger charge is -2.27. The highest BCUT2D eigenvalue weighted by Crippen LogP contribution is 2.27. The van der Waals surface area contributed by atoms with Crippen LogP contribution in [0, 0.1) is 0 Å². The molecule has 80 valence electrons. The summed E-state index contributed by atoms with van der Waals surface area (Å²) >= 11 is 0. The highest BCUT2D eigenvalue weighted by Gasteiger charge is 2.31. The summed E-state index contributed by atoms with van der Waals surface area (Å²) in [6.07, 6.45) is 0. The highest BCUT2D eigenvalue weighted by molar-refractivity contribution is 5.30. The van der Waals surface area contributed by atoms with Gasteiger partial charge in [-0.2, -0.15) is 0 Å². The number of nitrogens with zero attached hydrogens (tertiary/aromatic N) is 2. The summed E-state index contributed by atoms with van der Waals surface area (Å²) in [6, 6.07) is 1.40. The topological polar surface area (TPSA) is 6.48 Å². The SMILES string of the molecule is CC(C)N1CC2=C(C1)CN(C(C)C)C2. The molecule has 0 aromatic carbocycles. The van der Waals surface area contributed by atoms with Crippen LogP contribution < -0.4 is 0 Å². The quantitative estimate of drug-likeness (QED) is 0.618. The van der Waals surface area contributed by atoms with E-state index in [-0.39, 0.29) is 0 Å². The Kier molecular flexibility index (Phi) is 2.67. The van der Waals surface area contributed by atoms with Crippen LogP contribution in [-0.4, -0.2) is 48.1 Å². The Hall–Kier alpha value is -0.340. The molecule has 2 nitrogen and oxygen atoms in total. The van der Waals surface area contributed by atoms with Crippen molar-refractivity contribution in [2.24, 2.45) is 0 Å². The molecule has 0 spiro atoms. The molecule has 2 heteroatoms. The van der Waals surface area contributed by atoms with E-state index in [1.54, 1.807) is 11.1 Å². The minimum absolute atomic E-state index is 0.702. The maximum Gasteiger partial charge on any atom is 0.0215 e. The van der Waals surface area contributed by atoms with Gasteiger partial charge in [0.2, 0.25) is 0 Å². The molecule has 2 heterocycles. The van der Waals surface area contributed by atoms with E-state index in [9.17, 15) is 0 Å². The first-order valence-corrected chi connectivity index (χ1v) is 5.75. The first-order valence-electron chi connectivity index (χ1n) is 5.75. The van der Waals surface area contributed by atoms with Gasteiger partial charge in [-0.3, -0.25) is 9.80 Å². The Morgan fingerprint density at radius 3 is 1.21 bits per heavy atom. The van der Waals surface area contributed by atoms with Crippen molar-refractivity contribution in [1.29, 1.82) is 0 Å². The molecular weight excluding hydrogens is 172 g/mol. The molecule has 2 aliphatic rings.